The SMILES string of the molecule is CCCCC(=O)Nc1cccc(CN2N=C(c3ccc(OC)c(OC4CCCC4)c3)C(CC)CC2=O)c1. The molecule has 2 aliphatic rings. The van der Waals surface area contributed by atoms with Crippen molar-refractivity contribution in [1.29, 1.82) is 0 Å². The van der Waals surface area contributed by atoms with Crippen molar-refractivity contribution in [3.05, 3.63) is 53.6 Å². The lowest BCUT2D eigenvalue weighted by atomic mass is 9.89. The number of nitrogens with zero attached hydrogens (tertiary/aromatic N) is 2. The molecule has 0 radical (unpaired) electrons. The number of carbonyl (C=O) groups is 2. The van der Waals surface area contributed by atoms with Gasteiger partial charge in [-0.05, 0) is 74.4 Å². The first-order valence-electron chi connectivity index (χ1n) is 13.6. The summed E-state index contributed by atoms with van der Waals surface area (Å²) in [6.45, 7) is 4.50. The van der Waals surface area contributed by atoms with Crippen LogP contribution in [0.25, 0.3) is 0 Å². The van der Waals surface area contributed by atoms with E-state index in [4.69, 9.17) is 14.6 Å². The molecule has 1 saturated carbocycles. The standard InChI is InChI=1S/C30H39N3O4/c1-4-6-14-28(34)31-24-11-9-10-21(17-24)20-33-29(35)19-22(5-2)30(32-33)23-15-16-26(36-3)27(18-23)37-25-12-7-8-13-25/h9-11,15-18,22,25H,4-8,12-14,19-20H2,1-3H3,(H,31,34). The Bertz CT molecular complexity index is 1120. The summed E-state index contributed by atoms with van der Waals surface area (Å²) in [5.74, 6) is 1.50. The number of hydrazone groups is 1. The number of amides is 2. The quantitative estimate of drug-likeness (QED) is 0.388. The van der Waals surface area contributed by atoms with Crippen molar-refractivity contribution < 1.29 is 19.1 Å². The van der Waals surface area contributed by atoms with Gasteiger partial charge in [0.15, 0.2) is 11.5 Å². The molecule has 0 spiro atoms. The second kappa shape index (κ2) is 12.7. The zero-order valence-corrected chi connectivity index (χ0v) is 22.3. The molecule has 1 heterocycles. The summed E-state index contributed by atoms with van der Waals surface area (Å²) in [5.41, 5.74) is 3.50. The Morgan fingerprint density at radius 2 is 1.92 bits per heavy atom. The van der Waals surface area contributed by atoms with Gasteiger partial charge >= 0.3 is 0 Å². The Morgan fingerprint density at radius 1 is 1.11 bits per heavy atom. The molecule has 0 aromatic heterocycles. The number of benzene rings is 2. The summed E-state index contributed by atoms with van der Waals surface area (Å²) < 4.78 is 11.9. The Morgan fingerprint density at radius 3 is 2.65 bits per heavy atom. The smallest absolute Gasteiger partial charge is 0.243 e. The predicted octanol–water partition coefficient (Wildman–Crippen LogP) is 6.31. The van der Waals surface area contributed by atoms with Crippen LogP contribution >= 0.6 is 0 Å². The highest BCUT2D eigenvalue weighted by molar-refractivity contribution is 6.06. The number of methoxy groups -OCH3 is 1. The average molecular weight is 506 g/mol. The van der Waals surface area contributed by atoms with E-state index in [9.17, 15) is 9.59 Å². The van der Waals surface area contributed by atoms with E-state index in [1.165, 1.54) is 12.8 Å². The number of nitrogens with one attached hydrogen (secondary N) is 1. The van der Waals surface area contributed by atoms with Crippen molar-refractivity contribution >= 4 is 23.2 Å². The van der Waals surface area contributed by atoms with Crippen LogP contribution in [0.5, 0.6) is 11.5 Å². The lowest BCUT2D eigenvalue weighted by Crippen LogP contribution is -2.36. The minimum atomic E-state index is 0.00363. The first kappa shape index (κ1) is 26.7. The summed E-state index contributed by atoms with van der Waals surface area (Å²) in [5, 5.41) is 9.37. The van der Waals surface area contributed by atoms with E-state index in [-0.39, 0.29) is 23.8 Å². The molecule has 1 N–H and O–H groups in total. The maximum atomic E-state index is 13.0. The summed E-state index contributed by atoms with van der Waals surface area (Å²) in [7, 11) is 1.66. The van der Waals surface area contributed by atoms with E-state index >= 15 is 0 Å². The molecule has 198 valence electrons. The fraction of sp³-hybridized carbons (Fsp3) is 0.500. The third kappa shape index (κ3) is 6.90. The van der Waals surface area contributed by atoms with E-state index in [0.717, 1.165) is 60.4 Å². The molecule has 0 bridgehead atoms. The van der Waals surface area contributed by atoms with E-state index < -0.39 is 0 Å². The Balaban J connectivity index is 1.56. The van der Waals surface area contributed by atoms with Gasteiger partial charge in [0.25, 0.3) is 0 Å². The van der Waals surface area contributed by atoms with Crippen LogP contribution in [0.3, 0.4) is 0 Å². The lowest BCUT2D eigenvalue weighted by Gasteiger charge is -2.29. The van der Waals surface area contributed by atoms with Gasteiger partial charge in [-0.1, -0.05) is 32.4 Å². The molecular weight excluding hydrogens is 466 g/mol. The van der Waals surface area contributed by atoms with Crippen molar-refractivity contribution in [2.45, 2.75) is 84.3 Å². The first-order chi connectivity index (χ1) is 18.0. The number of carbonyl (C=O) groups excluding carboxylic acids is 2. The molecule has 1 aliphatic heterocycles. The van der Waals surface area contributed by atoms with Gasteiger partial charge in [-0.25, -0.2) is 5.01 Å². The molecule has 1 fully saturated rings. The van der Waals surface area contributed by atoms with Crippen LogP contribution in [0.15, 0.2) is 47.6 Å². The minimum absolute atomic E-state index is 0.00363. The molecule has 7 nitrogen and oxygen atoms in total. The maximum Gasteiger partial charge on any atom is 0.243 e. The van der Waals surface area contributed by atoms with Gasteiger partial charge in [0, 0.05) is 30.0 Å². The Kier molecular flexibility index (Phi) is 9.20. The maximum absolute atomic E-state index is 13.0. The molecule has 2 aromatic rings. The van der Waals surface area contributed by atoms with Crippen LogP contribution in [-0.2, 0) is 16.1 Å². The molecule has 2 aromatic carbocycles. The highest BCUT2D eigenvalue weighted by Gasteiger charge is 2.30. The summed E-state index contributed by atoms with van der Waals surface area (Å²) in [6.07, 6.45) is 8.30. The molecule has 4 rings (SSSR count). The topological polar surface area (TPSA) is 80.2 Å². The molecule has 0 saturated heterocycles. The van der Waals surface area contributed by atoms with E-state index in [1.54, 1.807) is 12.1 Å². The molecule has 1 unspecified atom stereocenters. The van der Waals surface area contributed by atoms with E-state index in [1.807, 2.05) is 42.5 Å². The molecule has 1 aliphatic carbocycles. The van der Waals surface area contributed by atoms with Gasteiger partial charge in [-0.15, -0.1) is 0 Å². The first-order valence-corrected chi connectivity index (χ1v) is 13.6. The van der Waals surface area contributed by atoms with Crippen molar-refractivity contribution in [3.8, 4) is 11.5 Å². The molecule has 37 heavy (non-hydrogen) atoms. The molecular formula is C30H39N3O4. The van der Waals surface area contributed by atoms with Crippen LogP contribution < -0.4 is 14.8 Å². The second-order valence-corrected chi connectivity index (χ2v) is 9.99. The zero-order valence-electron chi connectivity index (χ0n) is 22.3. The number of rotatable bonds is 11. The third-order valence-corrected chi connectivity index (χ3v) is 7.17. The fourth-order valence-corrected chi connectivity index (χ4v) is 5.03. The summed E-state index contributed by atoms with van der Waals surface area (Å²) in [6, 6.07) is 13.6. The third-order valence-electron chi connectivity index (χ3n) is 7.17. The normalized spacial score (nSPS) is 18.0. The van der Waals surface area contributed by atoms with Gasteiger partial charge in [0.1, 0.15) is 0 Å². The number of unbranched alkanes of at least 4 members (excludes halogenated alkanes) is 1. The van der Waals surface area contributed by atoms with Gasteiger partial charge in [0.2, 0.25) is 11.8 Å². The highest BCUT2D eigenvalue weighted by Crippen LogP contribution is 2.34. The zero-order chi connectivity index (χ0) is 26.2. The molecule has 2 amide bonds. The van der Waals surface area contributed by atoms with Crippen LogP contribution in [0, 0.1) is 5.92 Å². The largest absolute Gasteiger partial charge is 0.493 e. The number of anilines is 1. The van der Waals surface area contributed by atoms with Crippen LogP contribution in [0.2, 0.25) is 0 Å². The second-order valence-electron chi connectivity index (χ2n) is 9.99. The van der Waals surface area contributed by atoms with Crippen molar-refractivity contribution in [2.75, 3.05) is 12.4 Å². The van der Waals surface area contributed by atoms with Gasteiger partial charge in [-0.3, -0.25) is 9.59 Å². The average Bonchev–Trinajstić information content (AvgIpc) is 3.41. The van der Waals surface area contributed by atoms with E-state index in [2.05, 4.69) is 19.2 Å². The number of hydrogen-bond acceptors (Lipinski definition) is 5. The van der Waals surface area contributed by atoms with E-state index in [0.29, 0.717) is 25.1 Å². The van der Waals surface area contributed by atoms with Gasteiger partial charge in [-0.2, -0.15) is 5.10 Å². The minimum Gasteiger partial charge on any atom is -0.493 e. The summed E-state index contributed by atoms with van der Waals surface area (Å²) >= 11 is 0. The highest BCUT2D eigenvalue weighted by atomic mass is 16.5. The fourth-order valence-electron chi connectivity index (χ4n) is 5.03. The van der Waals surface area contributed by atoms with Crippen LogP contribution in [-0.4, -0.2) is 35.7 Å². The van der Waals surface area contributed by atoms with Crippen LogP contribution in [0.1, 0.15) is 82.8 Å². The van der Waals surface area contributed by atoms with Crippen molar-refractivity contribution in [3.63, 3.8) is 0 Å². The van der Waals surface area contributed by atoms with Gasteiger partial charge in [0.05, 0.1) is 25.5 Å². The number of hydrogen-bond donors (Lipinski definition) is 1. The Labute approximate surface area is 220 Å². The van der Waals surface area contributed by atoms with Crippen molar-refractivity contribution in [2.24, 2.45) is 11.0 Å². The predicted molar refractivity (Wildman–Crippen MR) is 146 cm³/mol. The summed E-state index contributed by atoms with van der Waals surface area (Å²) in [4.78, 5) is 25.2. The van der Waals surface area contributed by atoms with Gasteiger partial charge < -0.3 is 14.8 Å². The molecule has 7 heteroatoms. The van der Waals surface area contributed by atoms with Crippen LogP contribution in [0.4, 0.5) is 5.69 Å². The number of ether oxygens (including phenoxy) is 2. The lowest BCUT2D eigenvalue weighted by molar-refractivity contribution is -0.133. The molecule has 1 atom stereocenters. The Hall–Kier alpha value is -3.35. The van der Waals surface area contributed by atoms with Crippen molar-refractivity contribution in [1.82, 2.24) is 5.01 Å². The monoisotopic (exact) mass is 505 g/mol.